The fourth-order valence-electron chi connectivity index (χ4n) is 1.89. The highest BCUT2D eigenvalue weighted by Gasteiger charge is 2.13. The Morgan fingerprint density at radius 3 is 2.37 bits per heavy atom. The first-order chi connectivity index (χ1) is 9.07. The van der Waals surface area contributed by atoms with Crippen molar-refractivity contribution in [2.24, 2.45) is 14.1 Å². The second kappa shape index (κ2) is 6.36. The zero-order chi connectivity index (χ0) is 14.6. The Morgan fingerprint density at radius 1 is 1.16 bits per heavy atom. The number of nitrogens with zero attached hydrogens (tertiary/aromatic N) is 4. The molecule has 6 heteroatoms. The summed E-state index contributed by atoms with van der Waals surface area (Å²) >= 11 is 0. The second-order valence-electron chi connectivity index (χ2n) is 4.17. The average molecular weight is 266 g/mol. The summed E-state index contributed by atoms with van der Waals surface area (Å²) in [4.78, 5) is 27.9. The van der Waals surface area contributed by atoms with E-state index < -0.39 is 0 Å². The van der Waals surface area contributed by atoms with Gasteiger partial charge in [-0.2, -0.15) is 0 Å². The second-order valence-corrected chi connectivity index (χ2v) is 4.17. The van der Waals surface area contributed by atoms with Crippen molar-refractivity contribution in [2.75, 3.05) is 0 Å². The van der Waals surface area contributed by atoms with Gasteiger partial charge in [-0.3, -0.25) is 13.9 Å². The van der Waals surface area contributed by atoms with Gasteiger partial charge < -0.3 is 4.57 Å². The van der Waals surface area contributed by atoms with Crippen LogP contribution in [-0.4, -0.2) is 18.7 Å². The van der Waals surface area contributed by atoms with Gasteiger partial charge in [-0.15, -0.1) is 0 Å². The molecule has 0 spiro atoms. The summed E-state index contributed by atoms with van der Waals surface area (Å²) in [6.45, 7) is 6.84. The number of unbranched alkanes of at least 4 members (excludes halogenated alkanes) is 1. The third-order valence-corrected chi connectivity index (χ3v) is 2.97. The number of aromatic nitrogens is 4. The summed E-state index contributed by atoms with van der Waals surface area (Å²) in [5.74, 6) is 0. The van der Waals surface area contributed by atoms with Crippen molar-refractivity contribution in [1.29, 1.82) is 0 Å². The molecule has 106 valence electrons. The van der Waals surface area contributed by atoms with Crippen LogP contribution in [0.5, 0.6) is 0 Å². The van der Waals surface area contributed by atoms with Gasteiger partial charge in [0.15, 0.2) is 11.2 Å². The zero-order valence-corrected chi connectivity index (χ0v) is 12.3. The topological polar surface area (TPSA) is 61.8 Å². The van der Waals surface area contributed by atoms with Crippen molar-refractivity contribution < 1.29 is 0 Å². The van der Waals surface area contributed by atoms with Crippen molar-refractivity contribution in [3.8, 4) is 0 Å². The van der Waals surface area contributed by atoms with Crippen LogP contribution in [0.4, 0.5) is 0 Å². The molecule has 2 aromatic rings. The molecule has 0 aromatic carbocycles. The third-order valence-electron chi connectivity index (χ3n) is 2.97. The van der Waals surface area contributed by atoms with Crippen LogP contribution < -0.4 is 11.2 Å². The van der Waals surface area contributed by atoms with Crippen LogP contribution in [0.2, 0.25) is 0 Å². The van der Waals surface area contributed by atoms with E-state index in [0.717, 1.165) is 24.0 Å². The number of hydrogen-bond acceptors (Lipinski definition) is 3. The molecule has 0 saturated heterocycles. The lowest BCUT2D eigenvalue weighted by Gasteiger charge is -2.05. The first-order valence-corrected chi connectivity index (χ1v) is 6.68. The molecule has 0 atom stereocenters. The molecule has 0 radical (unpaired) electrons. The molecule has 2 heterocycles. The van der Waals surface area contributed by atoms with Crippen molar-refractivity contribution >= 4 is 11.2 Å². The van der Waals surface area contributed by atoms with E-state index in [1.807, 2.05) is 18.4 Å². The Bertz CT molecular complexity index is 664. The van der Waals surface area contributed by atoms with Crippen LogP contribution in [0.3, 0.4) is 0 Å². The molecular formula is C13H22N4O2. The standard InChI is InChI=1S/C11H16N4O2.C2H6/c1-4-5-6-15-7-12-9-8(15)10(16)14(3)11(17)13(9)2;1-2/h7H,4-6H2,1-3H3;1-2H3. The SMILES string of the molecule is CC.CCCCn1cnc2c1c(=O)n(C)c(=O)n2C. The van der Waals surface area contributed by atoms with Gasteiger partial charge in [-0.1, -0.05) is 27.2 Å². The number of rotatable bonds is 3. The van der Waals surface area contributed by atoms with E-state index in [0.29, 0.717) is 11.2 Å². The third kappa shape index (κ3) is 2.62. The monoisotopic (exact) mass is 266 g/mol. The predicted molar refractivity (Wildman–Crippen MR) is 76.5 cm³/mol. The first-order valence-electron chi connectivity index (χ1n) is 6.68. The summed E-state index contributed by atoms with van der Waals surface area (Å²) in [6.07, 6.45) is 3.66. The van der Waals surface area contributed by atoms with Gasteiger partial charge in [-0.05, 0) is 6.42 Å². The van der Waals surface area contributed by atoms with Crippen LogP contribution in [0.1, 0.15) is 33.6 Å². The summed E-state index contributed by atoms with van der Waals surface area (Å²) < 4.78 is 4.34. The van der Waals surface area contributed by atoms with Crippen molar-refractivity contribution in [3.63, 3.8) is 0 Å². The van der Waals surface area contributed by atoms with Gasteiger partial charge in [0, 0.05) is 20.6 Å². The zero-order valence-electron chi connectivity index (χ0n) is 12.3. The van der Waals surface area contributed by atoms with E-state index in [4.69, 9.17) is 0 Å². The molecule has 0 amide bonds. The molecule has 0 N–H and O–H groups in total. The normalized spacial score (nSPS) is 10.4. The molecule has 0 aliphatic carbocycles. The average Bonchev–Trinajstić information content (AvgIpc) is 2.86. The molecule has 2 aromatic heterocycles. The Morgan fingerprint density at radius 2 is 1.79 bits per heavy atom. The Balaban J connectivity index is 0.000000861. The maximum Gasteiger partial charge on any atom is 0.332 e. The van der Waals surface area contributed by atoms with Gasteiger partial charge in [0.25, 0.3) is 5.56 Å². The molecule has 2 rings (SSSR count). The molecule has 6 nitrogen and oxygen atoms in total. The van der Waals surface area contributed by atoms with E-state index in [1.165, 1.54) is 11.6 Å². The number of aryl methyl sites for hydroxylation is 2. The summed E-state index contributed by atoms with van der Waals surface area (Å²) in [5.41, 5.74) is 0.331. The fourth-order valence-corrected chi connectivity index (χ4v) is 1.89. The fraction of sp³-hybridized carbons (Fsp3) is 0.615. The van der Waals surface area contributed by atoms with Crippen molar-refractivity contribution in [3.05, 3.63) is 27.2 Å². The van der Waals surface area contributed by atoms with Crippen LogP contribution in [0.25, 0.3) is 11.2 Å². The number of fused-ring (bicyclic) bond motifs is 1. The Kier molecular flexibility index (Phi) is 5.09. The maximum atomic E-state index is 12.0. The Labute approximate surface area is 112 Å². The van der Waals surface area contributed by atoms with Crippen molar-refractivity contribution in [1.82, 2.24) is 18.7 Å². The van der Waals surface area contributed by atoms with E-state index in [1.54, 1.807) is 13.4 Å². The van der Waals surface area contributed by atoms with Gasteiger partial charge in [0.2, 0.25) is 0 Å². The quantitative estimate of drug-likeness (QED) is 0.840. The van der Waals surface area contributed by atoms with E-state index in [-0.39, 0.29) is 11.2 Å². The summed E-state index contributed by atoms with van der Waals surface area (Å²) in [7, 11) is 3.11. The summed E-state index contributed by atoms with van der Waals surface area (Å²) in [5, 5.41) is 0. The van der Waals surface area contributed by atoms with Gasteiger partial charge >= 0.3 is 5.69 Å². The van der Waals surface area contributed by atoms with Crippen molar-refractivity contribution in [2.45, 2.75) is 40.2 Å². The minimum atomic E-state index is -0.344. The lowest BCUT2D eigenvalue weighted by atomic mass is 10.3. The molecule has 0 aliphatic rings. The van der Waals surface area contributed by atoms with Crippen LogP contribution in [0.15, 0.2) is 15.9 Å². The lowest BCUT2D eigenvalue weighted by molar-refractivity contribution is 0.638. The molecule has 0 bridgehead atoms. The van der Waals surface area contributed by atoms with E-state index in [2.05, 4.69) is 11.9 Å². The minimum absolute atomic E-state index is 0.281. The van der Waals surface area contributed by atoms with Crippen LogP contribution >= 0.6 is 0 Å². The molecular weight excluding hydrogens is 244 g/mol. The van der Waals surface area contributed by atoms with E-state index >= 15 is 0 Å². The van der Waals surface area contributed by atoms with Gasteiger partial charge in [0.05, 0.1) is 6.33 Å². The highest BCUT2D eigenvalue weighted by Crippen LogP contribution is 2.06. The first kappa shape index (κ1) is 15.2. The molecule has 0 aliphatic heterocycles. The number of imidazole rings is 1. The minimum Gasteiger partial charge on any atom is -0.325 e. The lowest BCUT2D eigenvalue weighted by Crippen LogP contribution is -2.37. The van der Waals surface area contributed by atoms with Crippen LogP contribution in [0, 0.1) is 0 Å². The largest absolute Gasteiger partial charge is 0.332 e. The van der Waals surface area contributed by atoms with Gasteiger partial charge in [-0.25, -0.2) is 9.78 Å². The molecule has 0 saturated carbocycles. The highest BCUT2D eigenvalue weighted by atomic mass is 16.2. The Hall–Kier alpha value is -1.85. The smallest absolute Gasteiger partial charge is 0.325 e. The highest BCUT2D eigenvalue weighted by molar-refractivity contribution is 5.69. The maximum absolute atomic E-state index is 12.0. The predicted octanol–water partition coefficient (Wildman–Crippen LogP) is 1.26. The number of hydrogen-bond donors (Lipinski definition) is 0. The molecule has 0 unspecified atom stereocenters. The molecule has 0 fully saturated rings. The summed E-state index contributed by atoms with van der Waals surface area (Å²) in [6, 6.07) is 0. The molecule has 19 heavy (non-hydrogen) atoms. The van der Waals surface area contributed by atoms with Crippen LogP contribution in [-0.2, 0) is 20.6 Å². The van der Waals surface area contributed by atoms with E-state index in [9.17, 15) is 9.59 Å². The van der Waals surface area contributed by atoms with Gasteiger partial charge in [0.1, 0.15) is 0 Å².